The lowest BCUT2D eigenvalue weighted by Gasteiger charge is -2.19. The molecule has 0 saturated heterocycles. The van der Waals surface area contributed by atoms with Crippen LogP contribution in [0.4, 0.5) is 10.1 Å². The smallest absolute Gasteiger partial charge is 0.225 e. The third-order valence-corrected chi connectivity index (χ3v) is 5.14. The van der Waals surface area contributed by atoms with Gasteiger partial charge in [0.1, 0.15) is 11.5 Å². The van der Waals surface area contributed by atoms with E-state index in [4.69, 9.17) is 0 Å². The minimum atomic E-state index is -0.332. The molecule has 0 fully saturated rings. The van der Waals surface area contributed by atoms with Crippen molar-refractivity contribution in [2.45, 2.75) is 26.2 Å². The first-order valence-corrected chi connectivity index (χ1v) is 9.56. The second-order valence-corrected chi connectivity index (χ2v) is 7.28. The molecule has 1 N–H and O–H groups in total. The molecule has 1 amide bonds. The van der Waals surface area contributed by atoms with Crippen LogP contribution in [0.3, 0.4) is 0 Å². The van der Waals surface area contributed by atoms with Crippen LogP contribution < -0.4 is 5.32 Å². The molecule has 4 rings (SSSR count). The molecule has 0 radical (unpaired) electrons. The van der Waals surface area contributed by atoms with Gasteiger partial charge in [0.05, 0.1) is 5.69 Å². The van der Waals surface area contributed by atoms with E-state index >= 15 is 0 Å². The van der Waals surface area contributed by atoms with Gasteiger partial charge in [-0.05, 0) is 66.9 Å². The zero-order chi connectivity index (χ0) is 20.4. The Morgan fingerprint density at radius 2 is 1.86 bits per heavy atom. The van der Waals surface area contributed by atoms with E-state index in [1.54, 1.807) is 12.1 Å². The quantitative estimate of drug-likeness (QED) is 0.508. The maximum absolute atomic E-state index is 13.1. The molecular weight excluding hydrogens is 365 g/mol. The van der Waals surface area contributed by atoms with Gasteiger partial charge in [-0.25, -0.2) is 9.37 Å². The fourth-order valence-electron chi connectivity index (χ4n) is 3.64. The van der Waals surface area contributed by atoms with E-state index in [9.17, 15) is 9.18 Å². The normalized spacial score (nSPS) is 12.1. The molecule has 0 aliphatic heterocycles. The van der Waals surface area contributed by atoms with Gasteiger partial charge in [-0.1, -0.05) is 24.3 Å². The van der Waals surface area contributed by atoms with Gasteiger partial charge in [0.2, 0.25) is 5.91 Å². The number of fused-ring (bicyclic) bond motifs is 1. The number of hydrogen-bond acceptors (Lipinski definition) is 2. The Labute approximate surface area is 169 Å². The number of benzene rings is 2. The number of carbonyl (C=O) groups is 1. The van der Waals surface area contributed by atoms with E-state index < -0.39 is 0 Å². The maximum atomic E-state index is 13.1. The third kappa shape index (κ3) is 4.04. The molecule has 1 atom stereocenters. The highest BCUT2D eigenvalue weighted by Gasteiger charge is 2.23. The Hall–Kier alpha value is -3.47. The van der Waals surface area contributed by atoms with Crippen LogP contribution in [0.2, 0.25) is 0 Å². The highest BCUT2D eigenvalue weighted by Crippen LogP contribution is 2.31. The maximum Gasteiger partial charge on any atom is 0.225 e. The van der Waals surface area contributed by atoms with Crippen LogP contribution in [0.1, 0.15) is 34.7 Å². The molecular formula is C24H22FN3O. The van der Waals surface area contributed by atoms with Crippen molar-refractivity contribution in [3.8, 4) is 0 Å². The number of hydrogen-bond donors (Lipinski definition) is 1. The molecule has 0 bridgehead atoms. The number of rotatable bonds is 5. The van der Waals surface area contributed by atoms with Gasteiger partial charge in [0.25, 0.3) is 0 Å². The number of imidazole rings is 1. The van der Waals surface area contributed by atoms with Crippen molar-refractivity contribution in [2.75, 3.05) is 5.32 Å². The number of aryl methyl sites for hydroxylation is 2. The van der Waals surface area contributed by atoms with E-state index in [2.05, 4.69) is 16.4 Å². The molecule has 1 unspecified atom stereocenters. The standard InChI is InChI=1S/C24H22FN3O/c1-16-11-12-28-22(15-26-23(28)13-16)21(20-6-4-3-5-17(20)2)14-24(29)27-19-9-7-18(25)8-10-19/h3-13,15,21H,14H2,1-2H3,(H,27,29). The van der Waals surface area contributed by atoms with E-state index in [0.29, 0.717) is 5.69 Å². The van der Waals surface area contributed by atoms with Crippen LogP contribution in [0.15, 0.2) is 73.1 Å². The molecule has 2 heterocycles. The zero-order valence-electron chi connectivity index (χ0n) is 16.4. The van der Waals surface area contributed by atoms with Crippen molar-refractivity contribution in [1.82, 2.24) is 9.38 Å². The zero-order valence-corrected chi connectivity index (χ0v) is 16.4. The third-order valence-electron chi connectivity index (χ3n) is 5.14. The fourth-order valence-corrected chi connectivity index (χ4v) is 3.64. The first-order chi connectivity index (χ1) is 14.0. The lowest BCUT2D eigenvalue weighted by atomic mass is 9.89. The largest absolute Gasteiger partial charge is 0.326 e. The summed E-state index contributed by atoms with van der Waals surface area (Å²) in [5.74, 6) is -0.622. The van der Waals surface area contributed by atoms with Crippen LogP contribution in [0.5, 0.6) is 0 Å². The fraction of sp³-hybridized carbons (Fsp3) is 0.167. The summed E-state index contributed by atoms with van der Waals surface area (Å²) >= 11 is 0. The van der Waals surface area contributed by atoms with Crippen molar-refractivity contribution in [1.29, 1.82) is 0 Å². The van der Waals surface area contributed by atoms with Crippen LogP contribution in [0, 0.1) is 19.7 Å². The lowest BCUT2D eigenvalue weighted by molar-refractivity contribution is -0.116. The number of nitrogens with one attached hydrogen (secondary N) is 1. The molecule has 2 aromatic heterocycles. The number of pyridine rings is 1. The SMILES string of the molecule is Cc1ccn2c(C(CC(=O)Nc3ccc(F)cc3)c3ccccc3C)cnc2c1. The number of amides is 1. The molecule has 2 aromatic carbocycles. The summed E-state index contributed by atoms with van der Waals surface area (Å²) in [5.41, 5.74) is 5.74. The van der Waals surface area contributed by atoms with E-state index in [-0.39, 0.29) is 24.1 Å². The minimum Gasteiger partial charge on any atom is -0.326 e. The van der Waals surface area contributed by atoms with Crippen molar-refractivity contribution >= 4 is 17.2 Å². The molecule has 0 aliphatic carbocycles. The van der Waals surface area contributed by atoms with Gasteiger partial charge >= 0.3 is 0 Å². The number of anilines is 1. The molecule has 0 aliphatic rings. The Balaban J connectivity index is 1.70. The molecule has 4 aromatic rings. The van der Waals surface area contributed by atoms with Crippen LogP contribution in [-0.2, 0) is 4.79 Å². The Bertz CT molecular complexity index is 1160. The Morgan fingerprint density at radius 3 is 2.62 bits per heavy atom. The second kappa shape index (κ2) is 7.87. The highest BCUT2D eigenvalue weighted by atomic mass is 19.1. The number of halogens is 1. The van der Waals surface area contributed by atoms with Gasteiger partial charge in [-0.2, -0.15) is 0 Å². The topological polar surface area (TPSA) is 46.4 Å². The van der Waals surface area contributed by atoms with Crippen molar-refractivity contribution < 1.29 is 9.18 Å². The van der Waals surface area contributed by atoms with Gasteiger partial charge in [-0.3, -0.25) is 4.79 Å². The molecule has 4 nitrogen and oxygen atoms in total. The van der Waals surface area contributed by atoms with E-state index in [0.717, 1.165) is 28.0 Å². The van der Waals surface area contributed by atoms with Gasteiger partial charge in [0, 0.05) is 30.4 Å². The summed E-state index contributed by atoms with van der Waals surface area (Å²) < 4.78 is 15.2. The Morgan fingerprint density at radius 1 is 1.10 bits per heavy atom. The number of carbonyl (C=O) groups excluding carboxylic acids is 1. The first kappa shape index (κ1) is 18.9. The lowest BCUT2D eigenvalue weighted by Crippen LogP contribution is -2.18. The van der Waals surface area contributed by atoms with Crippen LogP contribution >= 0.6 is 0 Å². The highest BCUT2D eigenvalue weighted by molar-refractivity contribution is 5.91. The molecule has 0 spiro atoms. The summed E-state index contributed by atoms with van der Waals surface area (Å²) in [6.07, 6.45) is 4.09. The molecule has 5 heteroatoms. The summed E-state index contributed by atoms with van der Waals surface area (Å²) in [5, 5.41) is 2.87. The summed E-state index contributed by atoms with van der Waals surface area (Å²) in [6.45, 7) is 4.08. The average molecular weight is 387 g/mol. The minimum absolute atomic E-state index is 0.132. The summed E-state index contributed by atoms with van der Waals surface area (Å²) in [4.78, 5) is 17.4. The second-order valence-electron chi connectivity index (χ2n) is 7.28. The van der Waals surface area contributed by atoms with Crippen LogP contribution in [0.25, 0.3) is 5.65 Å². The predicted octanol–water partition coefficient (Wildman–Crippen LogP) is 5.25. The van der Waals surface area contributed by atoms with Gasteiger partial charge in [0.15, 0.2) is 0 Å². The van der Waals surface area contributed by atoms with E-state index in [1.165, 1.54) is 12.1 Å². The first-order valence-electron chi connectivity index (χ1n) is 9.56. The van der Waals surface area contributed by atoms with Crippen LogP contribution in [-0.4, -0.2) is 15.3 Å². The number of aromatic nitrogens is 2. The molecule has 146 valence electrons. The Kier molecular flexibility index (Phi) is 5.12. The van der Waals surface area contributed by atoms with Gasteiger partial charge < -0.3 is 9.72 Å². The van der Waals surface area contributed by atoms with E-state index in [1.807, 2.05) is 61.0 Å². The van der Waals surface area contributed by atoms with Gasteiger partial charge in [-0.15, -0.1) is 0 Å². The molecule has 0 saturated carbocycles. The predicted molar refractivity (Wildman–Crippen MR) is 113 cm³/mol. The van der Waals surface area contributed by atoms with Crippen molar-refractivity contribution in [3.63, 3.8) is 0 Å². The number of nitrogens with zero attached hydrogens (tertiary/aromatic N) is 2. The van der Waals surface area contributed by atoms with Crippen molar-refractivity contribution in [3.05, 3.63) is 101 Å². The van der Waals surface area contributed by atoms with Crippen molar-refractivity contribution in [2.24, 2.45) is 0 Å². The average Bonchev–Trinajstić information content (AvgIpc) is 3.11. The monoisotopic (exact) mass is 387 g/mol. The summed E-state index contributed by atoms with van der Waals surface area (Å²) in [6, 6.07) is 17.9. The molecule has 29 heavy (non-hydrogen) atoms. The summed E-state index contributed by atoms with van der Waals surface area (Å²) in [7, 11) is 0.